The molecule has 1 rings (SSSR count). The van der Waals surface area contributed by atoms with Gasteiger partial charge in [0.05, 0.1) is 13.8 Å². The molecule has 1 aromatic heterocycles. The lowest BCUT2D eigenvalue weighted by Gasteiger charge is -2.25. The first kappa shape index (κ1) is 12.9. The highest BCUT2D eigenvalue weighted by Gasteiger charge is 2.23. The van der Waals surface area contributed by atoms with Gasteiger partial charge in [0.15, 0.2) is 0 Å². The highest BCUT2D eigenvalue weighted by Crippen LogP contribution is 2.12. The third-order valence-electron chi connectivity index (χ3n) is 2.68. The molecule has 0 aliphatic carbocycles. The minimum absolute atomic E-state index is 0.266. The fraction of sp³-hybridized carbons (Fsp3) is 0.636. The van der Waals surface area contributed by atoms with E-state index >= 15 is 0 Å². The quantitative estimate of drug-likeness (QED) is 0.755. The molecule has 0 fully saturated rings. The molecule has 0 aliphatic heterocycles. The highest BCUT2D eigenvalue weighted by molar-refractivity contribution is 6.77. The van der Waals surface area contributed by atoms with E-state index in [1.807, 2.05) is 13.1 Å². The topological polar surface area (TPSA) is 50.8 Å². The van der Waals surface area contributed by atoms with E-state index in [2.05, 4.69) is 37.6 Å². The zero-order chi connectivity index (χ0) is 12.3. The van der Waals surface area contributed by atoms with Crippen LogP contribution in [0.1, 0.15) is 18.4 Å². The van der Waals surface area contributed by atoms with Crippen molar-refractivity contribution in [3.8, 4) is 6.07 Å². The van der Waals surface area contributed by atoms with Gasteiger partial charge in [0, 0.05) is 11.9 Å². The highest BCUT2D eigenvalue weighted by atomic mass is 28.3. The Balaban J connectivity index is 2.65. The number of aryl methyl sites for hydroxylation is 1. The predicted octanol–water partition coefficient (Wildman–Crippen LogP) is 2.30. The van der Waals surface area contributed by atoms with Crippen LogP contribution in [0.4, 0.5) is 0 Å². The van der Waals surface area contributed by atoms with Crippen molar-refractivity contribution in [3.63, 3.8) is 0 Å². The molecule has 88 valence electrons. The van der Waals surface area contributed by atoms with Crippen LogP contribution in [0.2, 0.25) is 19.6 Å². The Morgan fingerprint density at radius 3 is 2.69 bits per heavy atom. The number of ether oxygens (including phenoxy) is 1. The van der Waals surface area contributed by atoms with Gasteiger partial charge in [-0.3, -0.25) is 4.57 Å². The summed E-state index contributed by atoms with van der Waals surface area (Å²) < 4.78 is 7.54. The third kappa shape index (κ3) is 3.19. The smallest absolute Gasteiger partial charge is 0.214 e. The van der Waals surface area contributed by atoms with Crippen molar-refractivity contribution < 1.29 is 4.74 Å². The molecule has 0 saturated carbocycles. The zero-order valence-corrected chi connectivity index (χ0v) is 11.6. The van der Waals surface area contributed by atoms with Gasteiger partial charge in [-0.2, -0.15) is 5.26 Å². The minimum atomic E-state index is -1.27. The lowest BCUT2D eigenvalue weighted by molar-refractivity contribution is 0.0560. The van der Waals surface area contributed by atoms with E-state index < -0.39 is 8.07 Å². The standard InChI is InChI=1S/C11H19N3OSi/c1-9-7-14(11(6-12)13-9)8-15-10(2)16(3,4)5/h7,10H,8H2,1-5H3. The molecular formula is C11H19N3OSi. The molecular weight excluding hydrogens is 218 g/mol. The monoisotopic (exact) mass is 237 g/mol. The Kier molecular flexibility index (Phi) is 3.89. The Morgan fingerprint density at radius 2 is 2.19 bits per heavy atom. The largest absolute Gasteiger partial charge is 0.361 e. The van der Waals surface area contributed by atoms with Gasteiger partial charge in [-0.1, -0.05) is 19.6 Å². The minimum Gasteiger partial charge on any atom is -0.361 e. The first-order valence-corrected chi connectivity index (χ1v) is 8.98. The van der Waals surface area contributed by atoms with E-state index in [1.165, 1.54) is 0 Å². The molecule has 0 amide bonds. The van der Waals surface area contributed by atoms with Crippen molar-refractivity contribution in [1.82, 2.24) is 9.55 Å². The Labute approximate surface area is 97.9 Å². The number of imidazole rings is 1. The van der Waals surface area contributed by atoms with E-state index in [4.69, 9.17) is 10.00 Å². The van der Waals surface area contributed by atoms with Gasteiger partial charge in [0.2, 0.25) is 5.82 Å². The van der Waals surface area contributed by atoms with E-state index in [0.717, 1.165) is 5.69 Å². The molecule has 1 heterocycles. The van der Waals surface area contributed by atoms with Crippen LogP contribution in [0.5, 0.6) is 0 Å². The van der Waals surface area contributed by atoms with E-state index in [9.17, 15) is 0 Å². The molecule has 5 heteroatoms. The molecule has 16 heavy (non-hydrogen) atoms. The summed E-state index contributed by atoms with van der Waals surface area (Å²) in [6.45, 7) is 11.2. The first-order valence-electron chi connectivity index (χ1n) is 5.40. The maximum atomic E-state index is 8.88. The third-order valence-corrected chi connectivity index (χ3v) is 5.29. The van der Waals surface area contributed by atoms with Crippen molar-refractivity contribution in [1.29, 1.82) is 5.26 Å². The van der Waals surface area contributed by atoms with Gasteiger partial charge in [-0.15, -0.1) is 0 Å². The average Bonchev–Trinajstić information content (AvgIpc) is 2.53. The van der Waals surface area contributed by atoms with Gasteiger partial charge >= 0.3 is 0 Å². The molecule has 1 aromatic rings. The summed E-state index contributed by atoms with van der Waals surface area (Å²) in [7, 11) is -1.27. The SMILES string of the molecule is Cc1cn(COC(C)[Si](C)(C)C)c(C#N)n1. The van der Waals surface area contributed by atoms with E-state index in [0.29, 0.717) is 12.6 Å². The summed E-state index contributed by atoms with van der Waals surface area (Å²) in [6, 6.07) is 2.06. The normalized spacial score (nSPS) is 13.5. The van der Waals surface area contributed by atoms with Crippen molar-refractivity contribution >= 4 is 8.07 Å². The van der Waals surface area contributed by atoms with Crippen molar-refractivity contribution in [3.05, 3.63) is 17.7 Å². The van der Waals surface area contributed by atoms with Crippen molar-refractivity contribution in [2.45, 2.75) is 45.9 Å². The molecule has 0 radical (unpaired) electrons. The van der Waals surface area contributed by atoms with Crippen molar-refractivity contribution in [2.24, 2.45) is 0 Å². The second-order valence-electron chi connectivity index (χ2n) is 5.09. The summed E-state index contributed by atoms with van der Waals surface area (Å²) in [5.41, 5.74) is 1.11. The second kappa shape index (κ2) is 4.81. The predicted molar refractivity (Wildman–Crippen MR) is 65.6 cm³/mol. The number of hydrogen-bond acceptors (Lipinski definition) is 3. The van der Waals surface area contributed by atoms with Gasteiger partial charge in [-0.05, 0) is 13.8 Å². The summed E-state index contributed by atoms with van der Waals surface area (Å²) >= 11 is 0. The maximum absolute atomic E-state index is 8.88. The number of nitriles is 1. The van der Waals surface area contributed by atoms with Gasteiger partial charge in [0.1, 0.15) is 12.8 Å². The summed E-state index contributed by atoms with van der Waals surface area (Å²) in [4.78, 5) is 4.10. The van der Waals surface area contributed by atoms with Crippen LogP contribution < -0.4 is 0 Å². The van der Waals surface area contributed by atoms with Crippen LogP contribution in [0.3, 0.4) is 0 Å². The summed E-state index contributed by atoms with van der Waals surface area (Å²) in [5, 5.41) is 8.88. The lowest BCUT2D eigenvalue weighted by atomic mass is 10.6. The zero-order valence-electron chi connectivity index (χ0n) is 10.6. The van der Waals surface area contributed by atoms with Crippen LogP contribution in [0, 0.1) is 18.3 Å². The molecule has 1 unspecified atom stereocenters. The summed E-state index contributed by atoms with van der Waals surface area (Å²) in [5.74, 6) is 0.417. The number of nitrogens with zero attached hydrogens (tertiary/aromatic N) is 3. The molecule has 0 spiro atoms. The number of aromatic nitrogens is 2. The number of hydrogen-bond donors (Lipinski definition) is 0. The molecule has 0 aliphatic rings. The molecule has 0 aromatic carbocycles. The first-order chi connectivity index (χ1) is 7.34. The van der Waals surface area contributed by atoms with E-state index in [1.54, 1.807) is 4.57 Å². The fourth-order valence-corrected chi connectivity index (χ4v) is 1.75. The van der Waals surface area contributed by atoms with Gasteiger partial charge in [-0.25, -0.2) is 4.98 Å². The van der Waals surface area contributed by atoms with Crippen molar-refractivity contribution in [2.75, 3.05) is 0 Å². The Morgan fingerprint density at radius 1 is 1.56 bits per heavy atom. The van der Waals surface area contributed by atoms with Crippen LogP contribution in [0.15, 0.2) is 6.20 Å². The average molecular weight is 237 g/mol. The Hall–Kier alpha value is -1.12. The summed E-state index contributed by atoms with van der Waals surface area (Å²) in [6.07, 6.45) is 1.84. The van der Waals surface area contributed by atoms with Crippen LogP contribution in [0.25, 0.3) is 0 Å². The fourth-order valence-electron chi connectivity index (χ4n) is 1.18. The Bertz CT molecular complexity index is 400. The second-order valence-corrected chi connectivity index (χ2v) is 10.6. The maximum Gasteiger partial charge on any atom is 0.214 e. The van der Waals surface area contributed by atoms with Crippen LogP contribution in [-0.4, -0.2) is 23.4 Å². The molecule has 0 bridgehead atoms. The molecule has 4 nitrogen and oxygen atoms in total. The number of rotatable bonds is 4. The van der Waals surface area contributed by atoms with E-state index in [-0.39, 0.29) is 5.73 Å². The van der Waals surface area contributed by atoms with Crippen LogP contribution >= 0.6 is 0 Å². The molecule has 0 N–H and O–H groups in total. The lowest BCUT2D eigenvalue weighted by Crippen LogP contribution is -2.38. The van der Waals surface area contributed by atoms with Crippen LogP contribution in [-0.2, 0) is 11.5 Å². The molecule has 0 saturated heterocycles. The molecule has 1 atom stereocenters. The van der Waals surface area contributed by atoms with Gasteiger partial charge < -0.3 is 4.74 Å². The van der Waals surface area contributed by atoms with Gasteiger partial charge in [0.25, 0.3) is 0 Å².